The number of hydrogen-bond donors (Lipinski definition) is 2. The molecule has 156 valence electrons. The van der Waals surface area contributed by atoms with Crippen LogP contribution in [-0.2, 0) is 23.9 Å². The van der Waals surface area contributed by atoms with E-state index in [1.54, 1.807) is 36.4 Å². The second-order valence-corrected chi connectivity index (χ2v) is 6.80. The number of aromatic nitrogens is 1. The van der Waals surface area contributed by atoms with Crippen LogP contribution >= 0.6 is 0 Å². The summed E-state index contributed by atoms with van der Waals surface area (Å²) in [6.07, 6.45) is -2.67. The van der Waals surface area contributed by atoms with E-state index in [9.17, 15) is 22.8 Å². The molecule has 0 saturated carbocycles. The highest BCUT2D eigenvalue weighted by Crippen LogP contribution is 2.29. The van der Waals surface area contributed by atoms with Crippen LogP contribution in [0.5, 0.6) is 0 Å². The lowest BCUT2D eigenvalue weighted by Crippen LogP contribution is -2.24. The molecule has 0 unspecified atom stereocenters. The van der Waals surface area contributed by atoms with Gasteiger partial charge in [0.05, 0.1) is 23.5 Å². The van der Waals surface area contributed by atoms with Crippen molar-refractivity contribution in [3.63, 3.8) is 0 Å². The Morgan fingerprint density at radius 3 is 2.53 bits per heavy atom. The first-order chi connectivity index (χ1) is 14.2. The van der Waals surface area contributed by atoms with Gasteiger partial charge in [0.25, 0.3) is 5.56 Å². The lowest BCUT2D eigenvalue weighted by atomic mass is 10.1. The number of halogens is 3. The number of alkyl halides is 3. The summed E-state index contributed by atoms with van der Waals surface area (Å²) in [5.41, 5.74) is 6.39. The number of aryl methyl sites for hydroxylation is 1. The van der Waals surface area contributed by atoms with Crippen molar-refractivity contribution in [1.82, 2.24) is 4.57 Å². The van der Waals surface area contributed by atoms with Gasteiger partial charge in [-0.2, -0.15) is 13.2 Å². The smallest absolute Gasteiger partial charge is 0.397 e. The molecule has 0 fully saturated rings. The molecule has 1 aromatic heterocycles. The van der Waals surface area contributed by atoms with Crippen LogP contribution < -0.4 is 16.6 Å². The van der Waals surface area contributed by atoms with E-state index in [1.807, 2.05) is 0 Å². The van der Waals surface area contributed by atoms with Crippen molar-refractivity contribution >= 4 is 17.3 Å². The quantitative estimate of drug-likeness (QED) is 0.596. The molecule has 0 saturated heterocycles. The van der Waals surface area contributed by atoms with Crippen LogP contribution in [0.4, 0.5) is 24.5 Å². The van der Waals surface area contributed by atoms with Crippen LogP contribution in [0.2, 0.25) is 0 Å². The summed E-state index contributed by atoms with van der Waals surface area (Å²) in [5.74, 6) is -0.291. The van der Waals surface area contributed by atoms with E-state index in [0.29, 0.717) is 22.5 Å². The van der Waals surface area contributed by atoms with Crippen molar-refractivity contribution < 1.29 is 18.0 Å². The van der Waals surface area contributed by atoms with Gasteiger partial charge in [-0.05, 0) is 42.3 Å². The normalized spacial score (nSPS) is 11.3. The highest BCUT2D eigenvalue weighted by atomic mass is 19.4. The summed E-state index contributed by atoms with van der Waals surface area (Å²) in [7, 11) is 0. The number of carbonyl (C=O) groups is 1. The predicted molar refractivity (Wildman–Crippen MR) is 109 cm³/mol. The maximum absolute atomic E-state index is 12.9. The van der Waals surface area contributed by atoms with E-state index in [0.717, 1.165) is 12.1 Å². The summed E-state index contributed by atoms with van der Waals surface area (Å²) < 4.78 is 40.0. The number of hydrogen-bond acceptors (Lipinski definition) is 3. The molecule has 0 aliphatic rings. The van der Waals surface area contributed by atoms with Crippen LogP contribution in [-0.4, -0.2) is 10.5 Å². The van der Waals surface area contributed by atoms with Crippen molar-refractivity contribution in [3.8, 4) is 0 Å². The fourth-order valence-electron chi connectivity index (χ4n) is 3.02. The Morgan fingerprint density at radius 1 is 1.03 bits per heavy atom. The molecule has 0 bridgehead atoms. The van der Waals surface area contributed by atoms with Crippen molar-refractivity contribution in [3.05, 3.63) is 93.9 Å². The topological polar surface area (TPSA) is 77.1 Å². The van der Waals surface area contributed by atoms with E-state index >= 15 is 0 Å². The van der Waals surface area contributed by atoms with E-state index in [2.05, 4.69) is 5.32 Å². The zero-order valence-electron chi connectivity index (χ0n) is 15.9. The monoisotopic (exact) mass is 415 g/mol. The third kappa shape index (κ3) is 5.28. The first kappa shape index (κ1) is 21.2. The zero-order valence-corrected chi connectivity index (χ0v) is 15.9. The molecule has 0 atom stereocenters. The van der Waals surface area contributed by atoms with Crippen LogP contribution in [0, 0.1) is 0 Å². The molecule has 30 heavy (non-hydrogen) atoms. The number of para-hydroxylation sites is 2. The number of benzene rings is 2. The van der Waals surface area contributed by atoms with Crippen molar-refractivity contribution in [2.45, 2.75) is 25.6 Å². The Hall–Kier alpha value is -3.55. The van der Waals surface area contributed by atoms with Gasteiger partial charge in [0.15, 0.2) is 0 Å². The van der Waals surface area contributed by atoms with E-state index in [4.69, 9.17) is 5.73 Å². The molecule has 3 rings (SSSR count). The van der Waals surface area contributed by atoms with Gasteiger partial charge in [-0.1, -0.05) is 30.3 Å². The molecule has 3 aromatic rings. The maximum atomic E-state index is 12.9. The zero-order chi connectivity index (χ0) is 21.7. The SMILES string of the molecule is Nc1ccccc1NC(=O)CCc1cccn(Cc2cccc(C(F)(F)F)c2)c1=O. The second-order valence-electron chi connectivity index (χ2n) is 6.80. The number of nitrogens with two attached hydrogens (primary N) is 1. The Labute approximate surface area is 171 Å². The largest absolute Gasteiger partial charge is 0.416 e. The summed E-state index contributed by atoms with van der Waals surface area (Å²) in [4.78, 5) is 24.8. The molecule has 8 heteroatoms. The standard InChI is InChI=1S/C22H20F3N3O2/c23-22(24,25)17-7-3-5-15(13-17)14-28-12-4-6-16(21(28)30)10-11-20(29)27-19-9-2-1-8-18(19)26/h1-9,12-13H,10-11,14,26H2,(H,27,29). The molecule has 2 aromatic carbocycles. The van der Waals surface area contributed by atoms with Crippen LogP contribution in [0.25, 0.3) is 0 Å². The lowest BCUT2D eigenvalue weighted by Gasteiger charge is -2.11. The van der Waals surface area contributed by atoms with E-state index in [-0.39, 0.29) is 30.9 Å². The lowest BCUT2D eigenvalue weighted by molar-refractivity contribution is -0.137. The molecule has 1 heterocycles. The number of nitrogen functional groups attached to an aromatic ring is 1. The molecule has 1 amide bonds. The predicted octanol–water partition coefficient (Wildman–Crippen LogP) is 4.07. The average Bonchev–Trinajstić information content (AvgIpc) is 2.70. The number of carbonyl (C=O) groups excluding carboxylic acids is 1. The minimum atomic E-state index is -4.45. The Morgan fingerprint density at radius 2 is 1.80 bits per heavy atom. The summed E-state index contributed by atoms with van der Waals surface area (Å²) in [5, 5.41) is 2.70. The molecule has 0 aliphatic carbocycles. The fourth-order valence-corrected chi connectivity index (χ4v) is 3.02. The van der Waals surface area contributed by atoms with Gasteiger partial charge in [0.2, 0.25) is 5.91 Å². The Bertz CT molecular complexity index is 1110. The van der Waals surface area contributed by atoms with Crippen LogP contribution in [0.1, 0.15) is 23.1 Å². The van der Waals surface area contributed by atoms with Gasteiger partial charge in [-0.15, -0.1) is 0 Å². The highest BCUT2D eigenvalue weighted by Gasteiger charge is 2.30. The molecule has 0 aliphatic heterocycles. The Balaban J connectivity index is 1.69. The maximum Gasteiger partial charge on any atom is 0.416 e. The van der Waals surface area contributed by atoms with Crippen LogP contribution in [0.15, 0.2) is 71.7 Å². The molecular weight excluding hydrogens is 395 g/mol. The van der Waals surface area contributed by atoms with E-state index in [1.165, 1.54) is 22.9 Å². The number of nitrogens with one attached hydrogen (secondary N) is 1. The first-order valence-corrected chi connectivity index (χ1v) is 9.23. The minimum Gasteiger partial charge on any atom is -0.397 e. The first-order valence-electron chi connectivity index (χ1n) is 9.23. The van der Waals surface area contributed by atoms with Crippen LogP contribution in [0.3, 0.4) is 0 Å². The average molecular weight is 415 g/mol. The molecule has 3 N–H and O–H groups in total. The van der Waals surface area contributed by atoms with Gasteiger partial charge in [0.1, 0.15) is 0 Å². The number of nitrogens with zero attached hydrogens (tertiary/aromatic N) is 1. The highest BCUT2D eigenvalue weighted by molar-refractivity contribution is 5.93. The molecule has 5 nitrogen and oxygen atoms in total. The molecular formula is C22H20F3N3O2. The summed E-state index contributed by atoms with van der Waals surface area (Å²) in [6.45, 7) is 0.00331. The number of amides is 1. The van der Waals surface area contributed by atoms with Gasteiger partial charge < -0.3 is 15.6 Å². The van der Waals surface area contributed by atoms with E-state index < -0.39 is 11.7 Å². The Kier molecular flexibility index (Phi) is 6.25. The minimum absolute atomic E-state index is 0.00331. The van der Waals surface area contributed by atoms with Crippen molar-refractivity contribution in [2.24, 2.45) is 0 Å². The third-order valence-corrected chi connectivity index (χ3v) is 4.56. The molecule has 0 spiro atoms. The summed E-state index contributed by atoms with van der Waals surface area (Å²) >= 11 is 0. The number of rotatable bonds is 6. The third-order valence-electron chi connectivity index (χ3n) is 4.56. The van der Waals surface area contributed by atoms with Crippen molar-refractivity contribution in [2.75, 3.05) is 11.1 Å². The number of anilines is 2. The van der Waals surface area contributed by atoms with Crippen molar-refractivity contribution in [1.29, 1.82) is 0 Å². The fraction of sp³-hybridized carbons (Fsp3) is 0.182. The second kappa shape index (κ2) is 8.86. The molecule has 0 radical (unpaired) electrons. The van der Waals surface area contributed by atoms with Gasteiger partial charge >= 0.3 is 6.18 Å². The van der Waals surface area contributed by atoms with Gasteiger partial charge in [-0.25, -0.2) is 0 Å². The van der Waals surface area contributed by atoms with Gasteiger partial charge in [0, 0.05) is 18.2 Å². The van der Waals surface area contributed by atoms with Gasteiger partial charge in [-0.3, -0.25) is 9.59 Å². The number of pyridine rings is 1. The summed E-state index contributed by atoms with van der Waals surface area (Å²) in [6, 6.07) is 14.9.